The van der Waals surface area contributed by atoms with Gasteiger partial charge in [0.25, 0.3) is 5.91 Å². The third kappa shape index (κ3) is 13.2. The minimum Gasteiger partial charge on any atom is -0.480 e. The number of furan rings is 1. The summed E-state index contributed by atoms with van der Waals surface area (Å²) in [6.07, 6.45) is 7.21. The number of aryl methyl sites for hydroxylation is 1. The van der Waals surface area contributed by atoms with E-state index in [1.165, 1.54) is 6.26 Å². The van der Waals surface area contributed by atoms with Crippen LogP contribution in [0.4, 0.5) is 5.69 Å². The third-order valence-corrected chi connectivity index (χ3v) is 10.6. The zero-order valence-electron chi connectivity index (χ0n) is 32.0. The zero-order chi connectivity index (χ0) is 41.7. The normalized spacial score (nSPS) is 15.6. The molecular formula is C39H51N5O13. The van der Waals surface area contributed by atoms with Gasteiger partial charge in [-0.1, -0.05) is 37.0 Å². The molecule has 4 amide bonds. The van der Waals surface area contributed by atoms with E-state index >= 15 is 0 Å². The summed E-state index contributed by atoms with van der Waals surface area (Å²) in [5.41, 5.74) is 1.28. The molecule has 310 valence electrons. The molecule has 0 unspecified atom stereocenters. The minimum atomic E-state index is -1.51. The highest BCUT2D eigenvalue weighted by atomic mass is 16.4. The van der Waals surface area contributed by atoms with Gasteiger partial charge in [-0.25, -0.2) is 0 Å². The Balaban J connectivity index is 1.50. The van der Waals surface area contributed by atoms with Crippen LogP contribution in [0.15, 0.2) is 47.1 Å². The maximum absolute atomic E-state index is 14.2. The SMILES string of the molecule is Cc1ccc(N(C(=O)c2ccco2)C2CCN(CCC3(CC(=O)N(CC(=O)N(CC(=O)O)CC(=O)O)CC(=O)N(CC(=O)O)CC(=O)O)CCCCC3)CC2)cc1. The van der Waals surface area contributed by atoms with Gasteiger partial charge >= 0.3 is 23.9 Å². The third-order valence-electron chi connectivity index (χ3n) is 10.6. The van der Waals surface area contributed by atoms with Crippen molar-refractivity contribution in [3.8, 4) is 0 Å². The first kappa shape index (κ1) is 43.9. The maximum atomic E-state index is 14.2. The molecule has 2 heterocycles. The monoisotopic (exact) mass is 797 g/mol. The highest BCUT2D eigenvalue weighted by Gasteiger charge is 2.39. The van der Waals surface area contributed by atoms with Crippen LogP contribution in [0.1, 0.15) is 73.9 Å². The van der Waals surface area contributed by atoms with Crippen molar-refractivity contribution in [3.63, 3.8) is 0 Å². The molecule has 1 aliphatic carbocycles. The van der Waals surface area contributed by atoms with Gasteiger partial charge in [0.1, 0.15) is 39.3 Å². The van der Waals surface area contributed by atoms with Crippen LogP contribution in [-0.4, -0.2) is 152 Å². The van der Waals surface area contributed by atoms with Crippen LogP contribution >= 0.6 is 0 Å². The summed E-state index contributed by atoms with van der Waals surface area (Å²) in [7, 11) is 0. The lowest BCUT2D eigenvalue weighted by molar-refractivity contribution is -0.154. The summed E-state index contributed by atoms with van der Waals surface area (Å²) < 4.78 is 5.46. The number of aliphatic carboxylic acids is 4. The summed E-state index contributed by atoms with van der Waals surface area (Å²) in [4.78, 5) is 106. The molecule has 2 aliphatic rings. The molecule has 1 saturated carbocycles. The van der Waals surface area contributed by atoms with Crippen molar-refractivity contribution < 1.29 is 63.2 Å². The quantitative estimate of drug-likeness (QED) is 0.150. The van der Waals surface area contributed by atoms with Gasteiger partial charge in [0.15, 0.2) is 5.76 Å². The number of carboxylic acids is 4. The molecule has 0 radical (unpaired) electrons. The van der Waals surface area contributed by atoms with E-state index in [9.17, 15) is 58.8 Å². The van der Waals surface area contributed by atoms with E-state index in [1.54, 1.807) is 17.0 Å². The molecule has 1 aromatic heterocycles. The lowest BCUT2D eigenvalue weighted by Crippen LogP contribution is -2.51. The largest absolute Gasteiger partial charge is 0.480 e. The molecule has 57 heavy (non-hydrogen) atoms. The van der Waals surface area contributed by atoms with Crippen molar-refractivity contribution in [2.45, 2.75) is 70.8 Å². The highest BCUT2D eigenvalue weighted by Crippen LogP contribution is 2.43. The van der Waals surface area contributed by atoms with Gasteiger partial charge in [-0.05, 0) is 75.3 Å². The maximum Gasteiger partial charge on any atom is 0.323 e. The first-order chi connectivity index (χ1) is 27.1. The van der Waals surface area contributed by atoms with Crippen LogP contribution in [0.3, 0.4) is 0 Å². The summed E-state index contributed by atoms with van der Waals surface area (Å²) in [5.74, 6) is -8.84. The lowest BCUT2D eigenvalue weighted by atomic mass is 9.69. The highest BCUT2D eigenvalue weighted by molar-refractivity contribution is 6.04. The smallest absolute Gasteiger partial charge is 0.323 e. The standard InChI is InChI=1S/C39H51N5O13/c1-27-7-9-28(10-8-27)44(38(56)30-6-5-19-57-30)29-11-16-40(17-12-29)18-15-39(13-3-2-4-14-39)20-31(45)41(21-32(46)42(23-34(48)49)24-35(50)51)22-33(47)43(25-36(52)53)26-37(54)55/h5-10,19,29H,2-4,11-18,20-26H2,1H3,(H,48,49)(H,50,51)(H,52,53)(H,54,55). The molecule has 2 fully saturated rings. The lowest BCUT2D eigenvalue weighted by Gasteiger charge is -2.42. The van der Waals surface area contributed by atoms with E-state index in [2.05, 4.69) is 4.90 Å². The second kappa shape index (κ2) is 20.4. The Labute approximate surface area is 329 Å². The number of anilines is 1. The molecule has 18 heteroatoms. The Morgan fingerprint density at radius 1 is 0.684 bits per heavy atom. The number of benzene rings is 1. The molecule has 18 nitrogen and oxygen atoms in total. The first-order valence-electron chi connectivity index (χ1n) is 18.9. The number of carboxylic acid groups (broad SMARTS) is 4. The molecule has 1 saturated heterocycles. The summed E-state index contributed by atoms with van der Waals surface area (Å²) in [6, 6.07) is 11.0. The van der Waals surface area contributed by atoms with E-state index in [1.807, 2.05) is 31.2 Å². The predicted molar refractivity (Wildman–Crippen MR) is 201 cm³/mol. The van der Waals surface area contributed by atoms with E-state index < -0.39 is 86.3 Å². The fourth-order valence-corrected chi connectivity index (χ4v) is 7.64. The molecule has 1 aromatic carbocycles. The van der Waals surface area contributed by atoms with Crippen LogP contribution in [0.5, 0.6) is 0 Å². The Morgan fingerprint density at radius 3 is 1.63 bits per heavy atom. The van der Waals surface area contributed by atoms with Crippen molar-refractivity contribution in [1.29, 1.82) is 0 Å². The minimum absolute atomic E-state index is 0.0981. The van der Waals surface area contributed by atoms with Crippen molar-refractivity contribution >= 4 is 53.2 Å². The van der Waals surface area contributed by atoms with Crippen molar-refractivity contribution in [1.82, 2.24) is 19.6 Å². The Hall–Kier alpha value is -5.78. The molecular weight excluding hydrogens is 746 g/mol. The van der Waals surface area contributed by atoms with Crippen molar-refractivity contribution in [2.24, 2.45) is 5.41 Å². The number of likely N-dealkylation sites (tertiary alicyclic amines) is 1. The molecule has 4 N–H and O–H groups in total. The number of rotatable bonds is 20. The summed E-state index contributed by atoms with van der Waals surface area (Å²) in [6.45, 7) is -1.83. The number of carbonyl (C=O) groups excluding carboxylic acids is 4. The number of hydrogen-bond acceptors (Lipinski definition) is 10. The topological polar surface area (TPSA) is 247 Å². The average molecular weight is 798 g/mol. The predicted octanol–water partition coefficient (Wildman–Crippen LogP) is 2.25. The molecule has 4 rings (SSSR count). The number of carbonyl (C=O) groups is 8. The summed E-state index contributed by atoms with van der Waals surface area (Å²) in [5, 5.41) is 37.2. The van der Waals surface area contributed by atoms with E-state index in [-0.39, 0.29) is 24.1 Å². The molecule has 0 spiro atoms. The fraction of sp³-hybridized carbons (Fsp3) is 0.538. The van der Waals surface area contributed by atoms with Gasteiger partial charge in [0.05, 0.1) is 6.26 Å². The molecule has 1 aliphatic heterocycles. The zero-order valence-corrected chi connectivity index (χ0v) is 32.0. The van der Waals surface area contributed by atoms with Gasteiger partial charge in [0, 0.05) is 31.2 Å². The molecule has 0 atom stereocenters. The van der Waals surface area contributed by atoms with Crippen LogP contribution < -0.4 is 4.90 Å². The van der Waals surface area contributed by atoms with Gasteiger partial charge in [0.2, 0.25) is 17.7 Å². The van der Waals surface area contributed by atoms with Crippen LogP contribution in [0.25, 0.3) is 0 Å². The second-order valence-corrected chi connectivity index (χ2v) is 14.9. The van der Waals surface area contributed by atoms with Gasteiger partial charge in [-0.2, -0.15) is 0 Å². The fourth-order valence-electron chi connectivity index (χ4n) is 7.64. The Morgan fingerprint density at radius 2 is 1.18 bits per heavy atom. The molecule has 0 bridgehead atoms. The summed E-state index contributed by atoms with van der Waals surface area (Å²) >= 11 is 0. The van der Waals surface area contributed by atoms with E-state index in [0.717, 1.165) is 35.4 Å². The van der Waals surface area contributed by atoms with Gasteiger partial charge in [-0.3, -0.25) is 38.4 Å². The van der Waals surface area contributed by atoms with Crippen LogP contribution in [0, 0.1) is 12.3 Å². The van der Waals surface area contributed by atoms with Crippen LogP contribution in [0.2, 0.25) is 0 Å². The van der Waals surface area contributed by atoms with Gasteiger partial charge < -0.3 is 49.3 Å². The van der Waals surface area contributed by atoms with E-state index in [0.29, 0.717) is 61.5 Å². The number of nitrogens with zero attached hydrogens (tertiary/aromatic N) is 5. The Kier molecular flexibility index (Phi) is 15.7. The number of amides is 4. The molecule has 2 aromatic rings. The number of piperidine rings is 1. The second-order valence-electron chi connectivity index (χ2n) is 14.9. The van der Waals surface area contributed by atoms with Crippen LogP contribution in [-0.2, 0) is 33.6 Å². The van der Waals surface area contributed by atoms with E-state index in [4.69, 9.17) is 4.42 Å². The number of hydrogen-bond donors (Lipinski definition) is 4. The average Bonchev–Trinajstić information content (AvgIpc) is 3.70. The van der Waals surface area contributed by atoms with Gasteiger partial charge in [-0.15, -0.1) is 0 Å². The van der Waals surface area contributed by atoms with Crippen molar-refractivity contribution in [2.75, 3.05) is 63.8 Å². The van der Waals surface area contributed by atoms with Crippen molar-refractivity contribution in [3.05, 3.63) is 54.0 Å². The Bertz CT molecular complexity index is 1670. The first-order valence-corrected chi connectivity index (χ1v) is 18.9.